The van der Waals surface area contributed by atoms with Crippen LogP contribution in [0.15, 0.2) is 12.1 Å². The predicted molar refractivity (Wildman–Crippen MR) is 60.1 cm³/mol. The van der Waals surface area contributed by atoms with Gasteiger partial charge in [-0.3, -0.25) is 4.79 Å². The van der Waals surface area contributed by atoms with Crippen molar-refractivity contribution in [2.45, 2.75) is 39.0 Å². The molecule has 0 spiro atoms. The molecular weight excluding hydrogens is 184 g/mol. The number of aryl methyl sites for hydroxylation is 2. The monoisotopic (exact) mass is 200 g/mol. The Morgan fingerprint density at radius 1 is 1.33 bits per heavy atom. The molecule has 0 bridgehead atoms. The van der Waals surface area contributed by atoms with Gasteiger partial charge in [0.25, 0.3) is 0 Å². The van der Waals surface area contributed by atoms with E-state index in [1.807, 2.05) is 0 Å². The molecule has 0 aromatic heterocycles. The molecule has 0 radical (unpaired) electrons. The van der Waals surface area contributed by atoms with Gasteiger partial charge in [0.2, 0.25) is 0 Å². The molecule has 1 aromatic carbocycles. The van der Waals surface area contributed by atoms with Gasteiger partial charge in [0.1, 0.15) is 5.78 Å². The van der Waals surface area contributed by atoms with Gasteiger partial charge in [0, 0.05) is 12.3 Å². The Bertz CT molecular complexity index is 445. The number of rotatable bonds is 1. The summed E-state index contributed by atoms with van der Waals surface area (Å²) < 4.78 is 0. The van der Waals surface area contributed by atoms with Gasteiger partial charge < -0.3 is 0 Å². The first-order chi connectivity index (χ1) is 7.22. The molecule has 2 unspecified atom stereocenters. The SMILES string of the molecule is CCc1ccc(C)c2c1CC1CC(=O)C21. The van der Waals surface area contributed by atoms with Gasteiger partial charge in [-0.05, 0) is 47.9 Å². The van der Waals surface area contributed by atoms with E-state index in [0.717, 1.165) is 19.3 Å². The summed E-state index contributed by atoms with van der Waals surface area (Å²) in [5.41, 5.74) is 5.66. The van der Waals surface area contributed by atoms with E-state index in [1.165, 1.54) is 22.3 Å². The van der Waals surface area contributed by atoms with Crippen molar-refractivity contribution in [2.75, 3.05) is 0 Å². The third kappa shape index (κ3) is 1.06. The van der Waals surface area contributed by atoms with Gasteiger partial charge in [-0.25, -0.2) is 0 Å². The number of fused-ring (bicyclic) bond motifs is 3. The van der Waals surface area contributed by atoms with E-state index in [1.54, 1.807) is 0 Å². The number of benzene rings is 1. The summed E-state index contributed by atoms with van der Waals surface area (Å²) >= 11 is 0. The van der Waals surface area contributed by atoms with Crippen molar-refractivity contribution in [1.29, 1.82) is 0 Å². The Kier molecular flexibility index (Phi) is 1.79. The van der Waals surface area contributed by atoms with Gasteiger partial charge in [0.05, 0.1) is 0 Å². The summed E-state index contributed by atoms with van der Waals surface area (Å²) in [6, 6.07) is 4.43. The molecule has 1 heteroatoms. The first-order valence-electron chi connectivity index (χ1n) is 5.86. The highest BCUT2D eigenvalue weighted by Crippen LogP contribution is 2.50. The van der Waals surface area contributed by atoms with Crippen molar-refractivity contribution in [2.24, 2.45) is 5.92 Å². The van der Waals surface area contributed by atoms with E-state index < -0.39 is 0 Å². The average Bonchev–Trinajstić information content (AvgIpc) is 2.52. The topological polar surface area (TPSA) is 17.1 Å². The summed E-state index contributed by atoms with van der Waals surface area (Å²) in [4.78, 5) is 11.6. The van der Waals surface area contributed by atoms with E-state index in [-0.39, 0.29) is 5.92 Å². The van der Waals surface area contributed by atoms with Crippen LogP contribution in [0, 0.1) is 12.8 Å². The average molecular weight is 200 g/mol. The van der Waals surface area contributed by atoms with Crippen molar-refractivity contribution < 1.29 is 4.79 Å². The zero-order chi connectivity index (χ0) is 10.6. The van der Waals surface area contributed by atoms with E-state index in [4.69, 9.17) is 0 Å². The maximum Gasteiger partial charge on any atom is 0.140 e. The number of Topliss-reactive ketones (excluding diaryl/α,β-unsaturated/α-hetero) is 1. The first-order valence-corrected chi connectivity index (χ1v) is 5.86. The third-order valence-electron chi connectivity index (χ3n) is 4.11. The quantitative estimate of drug-likeness (QED) is 0.681. The second-order valence-corrected chi connectivity index (χ2v) is 4.90. The maximum absolute atomic E-state index is 11.6. The number of hydrogen-bond acceptors (Lipinski definition) is 1. The van der Waals surface area contributed by atoms with Crippen LogP contribution >= 0.6 is 0 Å². The largest absolute Gasteiger partial charge is 0.299 e. The fourth-order valence-electron chi connectivity index (χ4n) is 3.29. The summed E-state index contributed by atoms with van der Waals surface area (Å²) in [6.07, 6.45) is 3.06. The molecule has 0 aliphatic heterocycles. The Hall–Kier alpha value is -1.11. The summed E-state index contributed by atoms with van der Waals surface area (Å²) in [6.45, 7) is 4.35. The highest BCUT2D eigenvalue weighted by molar-refractivity contribution is 5.94. The van der Waals surface area contributed by atoms with Crippen LogP contribution < -0.4 is 0 Å². The number of ketones is 1. The third-order valence-corrected chi connectivity index (χ3v) is 4.11. The zero-order valence-corrected chi connectivity index (χ0v) is 9.34. The van der Waals surface area contributed by atoms with Gasteiger partial charge in [0.15, 0.2) is 0 Å². The van der Waals surface area contributed by atoms with E-state index in [9.17, 15) is 4.79 Å². The van der Waals surface area contributed by atoms with Gasteiger partial charge in [-0.1, -0.05) is 19.1 Å². The smallest absolute Gasteiger partial charge is 0.140 e. The van der Waals surface area contributed by atoms with E-state index in [2.05, 4.69) is 26.0 Å². The molecule has 0 saturated heterocycles. The lowest BCUT2D eigenvalue weighted by Crippen LogP contribution is -2.31. The summed E-state index contributed by atoms with van der Waals surface area (Å²) in [5.74, 6) is 1.38. The van der Waals surface area contributed by atoms with Crippen molar-refractivity contribution in [1.82, 2.24) is 0 Å². The molecule has 3 rings (SSSR count). The predicted octanol–water partition coefficient (Wildman–Crippen LogP) is 2.79. The molecule has 78 valence electrons. The Labute approximate surface area is 90.5 Å². The molecule has 1 nitrogen and oxygen atoms in total. The second-order valence-electron chi connectivity index (χ2n) is 4.90. The van der Waals surface area contributed by atoms with Crippen LogP contribution in [-0.2, 0) is 17.6 Å². The van der Waals surface area contributed by atoms with Gasteiger partial charge in [-0.2, -0.15) is 0 Å². The fourth-order valence-corrected chi connectivity index (χ4v) is 3.29. The number of hydrogen-bond donors (Lipinski definition) is 0. The van der Waals surface area contributed by atoms with Gasteiger partial charge in [-0.15, -0.1) is 0 Å². The zero-order valence-electron chi connectivity index (χ0n) is 9.34. The normalized spacial score (nSPS) is 27.2. The highest BCUT2D eigenvalue weighted by Gasteiger charge is 2.47. The maximum atomic E-state index is 11.6. The Balaban J connectivity index is 2.18. The van der Waals surface area contributed by atoms with Crippen LogP contribution in [0.4, 0.5) is 0 Å². The Morgan fingerprint density at radius 2 is 2.13 bits per heavy atom. The molecule has 2 atom stereocenters. The molecule has 1 aromatic rings. The van der Waals surface area contributed by atoms with Gasteiger partial charge >= 0.3 is 0 Å². The molecule has 2 aliphatic carbocycles. The van der Waals surface area contributed by atoms with Crippen LogP contribution in [0.5, 0.6) is 0 Å². The van der Waals surface area contributed by atoms with Crippen molar-refractivity contribution >= 4 is 5.78 Å². The molecule has 0 N–H and O–H groups in total. The molecule has 0 heterocycles. The fraction of sp³-hybridized carbons (Fsp3) is 0.500. The standard InChI is InChI=1S/C14H16O/c1-3-9-5-4-8(2)13-11(9)6-10-7-12(15)14(10)13/h4-5,10,14H,3,6-7H2,1-2H3. The molecule has 2 aliphatic rings. The first kappa shape index (κ1) is 9.14. The highest BCUT2D eigenvalue weighted by atomic mass is 16.1. The van der Waals surface area contributed by atoms with Crippen LogP contribution in [-0.4, -0.2) is 5.78 Å². The second kappa shape index (κ2) is 2.94. The molecule has 15 heavy (non-hydrogen) atoms. The minimum absolute atomic E-state index is 0.270. The van der Waals surface area contributed by atoms with Crippen molar-refractivity contribution in [3.8, 4) is 0 Å². The lowest BCUT2D eigenvalue weighted by atomic mass is 9.72. The minimum Gasteiger partial charge on any atom is -0.299 e. The van der Waals surface area contributed by atoms with Crippen molar-refractivity contribution in [3.63, 3.8) is 0 Å². The minimum atomic E-state index is 0.270. The van der Waals surface area contributed by atoms with E-state index >= 15 is 0 Å². The Morgan fingerprint density at radius 3 is 2.80 bits per heavy atom. The van der Waals surface area contributed by atoms with Crippen LogP contribution in [0.25, 0.3) is 0 Å². The molecule has 1 fully saturated rings. The lowest BCUT2D eigenvalue weighted by Gasteiger charge is -2.29. The molecule has 1 saturated carbocycles. The van der Waals surface area contributed by atoms with Crippen LogP contribution in [0.3, 0.4) is 0 Å². The molecular formula is C14H16O. The van der Waals surface area contributed by atoms with Crippen LogP contribution in [0.2, 0.25) is 0 Å². The van der Waals surface area contributed by atoms with E-state index in [0.29, 0.717) is 11.7 Å². The number of carbonyl (C=O) groups excluding carboxylic acids is 1. The lowest BCUT2D eigenvalue weighted by molar-refractivity contribution is -0.128. The number of carbonyl (C=O) groups is 1. The molecule has 0 amide bonds. The summed E-state index contributed by atoms with van der Waals surface area (Å²) in [7, 11) is 0. The van der Waals surface area contributed by atoms with Crippen molar-refractivity contribution in [3.05, 3.63) is 34.4 Å². The summed E-state index contributed by atoms with van der Waals surface area (Å²) in [5, 5.41) is 0. The van der Waals surface area contributed by atoms with Crippen LogP contribution in [0.1, 0.15) is 41.5 Å².